The first-order chi connectivity index (χ1) is 6.61. The Morgan fingerprint density at radius 1 is 1.64 bits per heavy atom. The second-order valence-electron chi connectivity index (χ2n) is 3.03. The van der Waals surface area contributed by atoms with E-state index in [1.165, 1.54) is 10.9 Å². The van der Waals surface area contributed by atoms with Crippen LogP contribution >= 0.6 is 0 Å². The van der Waals surface area contributed by atoms with Gasteiger partial charge in [-0.15, -0.1) is 0 Å². The lowest BCUT2D eigenvalue weighted by Crippen LogP contribution is -2.41. The number of carbonyl (C=O) groups excluding carboxylic acids is 1. The molecule has 0 atom stereocenters. The van der Waals surface area contributed by atoms with Crippen molar-refractivity contribution in [1.82, 2.24) is 9.99 Å². The second kappa shape index (κ2) is 2.76. The van der Waals surface area contributed by atoms with E-state index in [2.05, 4.69) is 10.7 Å². The van der Waals surface area contributed by atoms with E-state index in [1.54, 1.807) is 6.92 Å². The molecule has 6 heteroatoms. The van der Waals surface area contributed by atoms with Gasteiger partial charge in [-0.25, -0.2) is 4.79 Å². The maximum Gasteiger partial charge on any atom is 0.337 e. The molecule has 1 aliphatic heterocycles. The third kappa shape index (κ3) is 1.04. The predicted molar refractivity (Wildman–Crippen MR) is 47.8 cm³/mol. The molecule has 1 aromatic rings. The number of carboxylic acid groups (broad SMARTS) is 1. The highest BCUT2D eigenvalue weighted by Crippen LogP contribution is 2.16. The molecule has 0 saturated heterocycles. The van der Waals surface area contributed by atoms with E-state index >= 15 is 0 Å². The van der Waals surface area contributed by atoms with Crippen LogP contribution in [0.1, 0.15) is 26.4 Å². The zero-order valence-corrected chi connectivity index (χ0v) is 7.50. The molecule has 0 bridgehead atoms. The Labute approximate surface area is 79.5 Å². The molecule has 0 spiro atoms. The smallest absolute Gasteiger partial charge is 0.337 e. The first-order valence-corrected chi connectivity index (χ1v) is 4.08. The molecule has 0 aromatic carbocycles. The van der Waals surface area contributed by atoms with E-state index in [-0.39, 0.29) is 11.5 Å². The molecule has 74 valence electrons. The van der Waals surface area contributed by atoms with Crippen LogP contribution in [0.5, 0.6) is 0 Å². The van der Waals surface area contributed by atoms with Gasteiger partial charge in [-0.2, -0.15) is 0 Å². The normalized spacial score (nSPS) is 14.2. The van der Waals surface area contributed by atoms with Gasteiger partial charge in [0.05, 0.1) is 5.56 Å². The Hall–Kier alpha value is -1.98. The largest absolute Gasteiger partial charge is 0.478 e. The summed E-state index contributed by atoms with van der Waals surface area (Å²) in [6, 6.07) is 0. The number of hydrogen-bond donors (Lipinski definition) is 3. The van der Waals surface area contributed by atoms with Crippen LogP contribution in [0.25, 0.3) is 0 Å². The zero-order chi connectivity index (χ0) is 10.3. The molecule has 14 heavy (non-hydrogen) atoms. The van der Waals surface area contributed by atoms with Crippen LogP contribution in [0.2, 0.25) is 0 Å². The van der Waals surface area contributed by atoms with E-state index in [0.717, 1.165) is 0 Å². The van der Waals surface area contributed by atoms with Crippen LogP contribution < -0.4 is 10.7 Å². The first kappa shape index (κ1) is 8.61. The lowest BCUT2D eigenvalue weighted by Gasteiger charge is -2.18. The molecule has 1 aromatic heterocycles. The van der Waals surface area contributed by atoms with E-state index < -0.39 is 5.97 Å². The van der Waals surface area contributed by atoms with Crippen LogP contribution in [-0.4, -0.2) is 28.3 Å². The fourth-order valence-corrected chi connectivity index (χ4v) is 1.51. The average molecular weight is 195 g/mol. The SMILES string of the molecule is Cc1c(C(=O)O)cn2c1C(=O)NCN2. The minimum atomic E-state index is -1.03. The summed E-state index contributed by atoms with van der Waals surface area (Å²) in [5.74, 6) is -1.28. The zero-order valence-electron chi connectivity index (χ0n) is 7.50. The summed E-state index contributed by atoms with van der Waals surface area (Å²) in [6.07, 6.45) is 1.41. The number of carboxylic acids is 1. The molecule has 3 N–H and O–H groups in total. The highest BCUT2D eigenvalue weighted by atomic mass is 16.4. The van der Waals surface area contributed by atoms with E-state index in [4.69, 9.17) is 5.11 Å². The summed E-state index contributed by atoms with van der Waals surface area (Å²) < 4.78 is 1.44. The molecule has 0 saturated carbocycles. The summed E-state index contributed by atoms with van der Waals surface area (Å²) in [6.45, 7) is 1.92. The van der Waals surface area contributed by atoms with Gasteiger partial charge in [0.2, 0.25) is 0 Å². The molecule has 2 heterocycles. The number of fused-ring (bicyclic) bond motifs is 1. The van der Waals surface area contributed by atoms with Crippen LogP contribution in [0.4, 0.5) is 0 Å². The number of aromatic carboxylic acids is 1. The van der Waals surface area contributed by atoms with Gasteiger partial charge in [0.15, 0.2) is 0 Å². The topological polar surface area (TPSA) is 83.4 Å². The number of carbonyl (C=O) groups is 2. The molecule has 0 aliphatic carbocycles. The third-order valence-corrected chi connectivity index (χ3v) is 2.20. The Bertz CT molecular complexity index is 422. The molecule has 1 amide bonds. The van der Waals surface area contributed by atoms with Gasteiger partial charge in [-0.05, 0) is 12.5 Å². The Morgan fingerprint density at radius 3 is 2.93 bits per heavy atom. The number of hydrogen-bond acceptors (Lipinski definition) is 3. The molecule has 0 radical (unpaired) electrons. The van der Waals surface area contributed by atoms with Crippen molar-refractivity contribution in [3.8, 4) is 0 Å². The first-order valence-electron chi connectivity index (χ1n) is 4.08. The maximum absolute atomic E-state index is 11.4. The Kier molecular flexibility index (Phi) is 1.70. The van der Waals surface area contributed by atoms with Gasteiger partial charge in [0.25, 0.3) is 5.91 Å². The van der Waals surface area contributed by atoms with E-state index in [0.29, 0.717) is 17.9 Å². The van der Waals surface area contributed by atoms with Crippen molar-refractivity contribution in [3.63, 3.8) is 0 Å². The molecular formula is C8H9N3O3. The Balaban J connectivity index is 2.60. The van der Waals surface area contributed by atoms with E-state index in [9.17, 15) is 9.59 Å². The number of rotatable bonds is 1. The van der Waals surface area contributed by atoms with Gasteiger partial charge in [-0.1, -0.05) is 0 Å². The van der Waals surface area contributed by atoms with Gasteiger partial charge >= 0.3 is 5.97 Å². The van der Waals surface area contributed by atoms with Crippen molar-refractivity contribution in [3.05, 3.63) is 23.0 Å². The minimum absolute atomic E-state index is 0.143. The van der Waals surface area contributed by atoms with Gasteiger partial charge in [0.1, 0.15) is 12.4 Å². The van der Waals surface area contributed by atoms with Crippen molar-refractivity contribution >= 4 is 11.9 Å². The Morgan fingerprint density at radius 2 is 2.36 bits per heavy atom. The number of nitrogens with zero attached hydrogens (tertiary/aromatic N) is 1. The highest BCUT2D eigenvalue weighted by Gasteiger charge is 2.24. The van der Waals surface area contributed by atoms with Crippen molar-refractivity contribution < 1.29 is 14.7 Å². The minimum Gasteiger partial charge on any atom is -0.478 e. The summed E-state index contributed by atoms with van der Waals surface area (Å²) >= 11 is 0. The van der Waals surface area contributed by atoms with Gasteiger partial charge in [-0.3, -0.25) is 9.47 Å². The fraction of sp³-hybridized carbons (Fsp3) is 0.250. The van der Waals surface area contributed by atoms with Gasteiger partial charge < -0.3 is 15.8 Å². The summed E-state index contributed by atoms with van der Waals surface area (Å²) in [5, 5.41) is 11.4. The van der Waals surface area contributed by atoms with Crippen LogP contribution in [0.3, 0.4) is 0 Å². The van der Waals surface area contributed by atoms with Crippen LogP contribution in [-0.2, 0) is 0 Å². The molecule has 6 nitrogen and oxygen atoms in total. The fourth-order valence-electron chi connectivity index (χ4n) is 1.51. The monoisotopic (exact) mass is 195 g/mol. The van der Waals surface area contributed by atoms with Crippen molar-refractivity contribution in [2.24, 2.45) is 0 Å². The van der Waals surface area contributed by atoms with Crippen LogP contribution in [0, 0.1) is 6.92 Å². The molecular weight excluding hydrogens is 186 g/mol. The lowest BCUT2D eigenvalue weighted by molar-refractivity contribution is 0.0696. The predicted octanol–water partition coefficient (Wildman–Crippen LogP) is -0.261. The summed E-state index contributed by atoms with van der Waals surface area (Å²) in [5.41, 5.74) is 3.80. The number of nitrogens with one attached hydrogen (secondary N) is 2. The number of amides is 1. The van der Waals surface area contributed by atoms with Crippen molar-refractivity contribution in [2.75, 3.05) is 12.1 Å². The standard InChI is InChI=1S/C8H9N3O3/c1-4-5(8(13)14)2-11-6(4)7(12)9-3-10-11/h2,10H,3H2,1H3,(H,9,12)(H,13,14). The second-order valence-corrected chi connectivity index (χ2v) is 3.03. The molecule has 1 aliphatic rings. The maximum atomic E-state index is 11.4. The third-order valence-electron chi connectivity index (χ3n) is 2.20. The van der Waals surface area contributed by atoms with Crippen molar-refractivity contribution in [2.45, 2.75) is 6.92 Å². The average Bonchev–Trinajstić information content (AvgIpc) is 2.45. The van der Waals surface area contributed by atoms with Gasteiger partial charge in [0, 0.05) is 6.20 Å². The quantitative estimate of drug-likeness (QED) is 0.576. The lowest BCUT2D eigenvalue weighted by atomic mass is 10.1. The molecule has 0 fully saturated rings. The number of aromatic nitrogens is 1. The summed E-state index contributed by atoms with van der Waals surface area (Å²) in [4.78, 5) is 22.2. The molecule has 2 rings (SSSR count). The molecule has 0 unspecified atom stereocenters. The highest BCUT2D eigenvalue weighted by molar-refractivity contribution is 5.99. The summed E-state index contributed by atoms with van der Waals surface area (Å²) in [7, 11) is 0. The van der Waals surface area contributed by atoms with Crippen LogP contribution in [0.15, 0.2) is 6.20 Å². The van der Waals surface area contributed by atoms with Crippen molar-refractivity contribution in [1.29, 1.82) is 0 Å². The van der Waals surface area contributed by atoms with E-state index in [1.807, 2.05) is 0 Å².